The van der Waals surface area contributed by atoms with E-state index in [1.165, 1.54) is 0 Å². The highest BCUT2D eigenvalue weighted by molar-refractivity contribution is 6.30. The van der Waals surface area contributed by atoms with Gasteiger partial charge in [-0.2, -0.15) is 5.10 Å². The molecule has 136 valence electrons. The van der Waals surface area contributed by atoms with Crippen molar-refractivity contribution in [2.45, 2.75) is 13.5 Å². The summed E-state index contributed by atoms with van der Waals surface area (Å²) in [5, 5.41) is 4.80. The monoisotopic (exact) mass is 379 g/mol. The number of carbonyl (C=O) groups excluding carboxylic acids is 1. The Balaban J connectivity index is 1.56. The van der Waals surface area contributed by atoms with Gasteiger partial charge in [-0.3, -0.25) is 9.78 Å². The van der Waals surface area contributed by atoms with Crippen LogP contribution >= 0.6 is 11.6 Å². The van der Waals surface area contributed by atoms with E-state index >= 15 is 0 Å². The van der Waals surface area contributed by atoms with Crippen molar-refractivity contribution < 1.29 is 9.53 Å². The molecule has 1 aromatic heterocycles. The van der Waals surface area contributed by atoms with E-state index in [4.69, 9.17) is 16.3 Å². The number of hydrogen-bond acceptors (Lipinski definition) is 4. The number of halogens is 1. The lowest BCUT2D eigenvalue weighted by molar-refractivity contribution is 0.0955. The number of hydrazone groups is 1. The lowest BCUT2D eigenvalue weighted by Crippen LogP contribution is -2.19. The van der Waals surface area contributed by atoms with Crippen molar-refractivity contribution in [2.24, 2.45) is 5.10 Å². The summed E-state index contributed by atoms with van der Waals surface area (Å²) in [4.78, 5) is 16.2. The molecule has 1 amide bonds. The summed E-state index contributed by atoms with van der Waals surface area (Å²) >= 11 is 5.85. The zero-order valence-corrected chi connectivity index (χ0v) is 15.5. The predicted octanol–water partition coefficient (Wildman–Crippen LogP) is 4.47. The minimum atomic E-state index is -0.270. The second-order valence-electron chi connectivity index (χ2n) is 5.81. The minimum Gasteiger partial charge on any atom is -0.489 e. The maximum absolute atomic E-state index is 12.2. The SMILES string of the molecule is C/C(=N/NC(=O)c1ccc(COc2ccc(Cl)cc2)cc1)c1ccncc1. The maximum Gasteiger partial charge on any atom is 0.271 e. The van der Waals surface area contributed by atoms with Crippen molar-refractivity contribution >= 4 is 23.2 Å². The third-order valence-electron chi connectivity index (χ3n) is 3.86. The van der Waals surface area contributed by atoms with Gasteiger partial charge in [-0.1, -0.05) is 23.7 Å². The van der Waals surface area contributed by atoms with Crippen LogP contribution in [0.1, 0.15) is 28.4 Å². The van der Waals surface area contributed by atoms with Gasteiger partial charge < -0.3 is 4.74 Å². The fourth-order valence-corrected chi connectivity index (χ4v) is 2.43. The number of benzene rings is 2. The van der Waals surface area contributed by atoms with Crippen molar-refractivity contribution in [3.05, 3.63) is 94.8 Å². The fourth-order valence-electron chi connectivity index (χ4n) is 2.31. The fraction of sp³-hybridized carbons (Fsp3) is 0.0952. The Morgan fingerprint density at radius 3 is 2.33 bits per heavy atom. The number of nitrogens with zero attached hydrogens (tertiary/aromatic N) is 2. The first kappa shape index (κ1) is 18.6. The molecule has 0 fully saturated rings. The third-order valence-corrected chi connectivity index (χ3v) is 4.11. The standard InChI is InChI=1S/C21H18ClN3O2/c1-15(17-10-12-23-13-11-17)24-25-21(26)18-4-2-16(3-5-18)14-27-20-8-6-19(22)7-9-20/h2-13H,14H2,1H3,(H,25,26)/b24-15-. The van der Waals surface area contributed by atoms with Gasteiger partial charge in [-0.05, 0) is 61.0 Å². The van der Waals surface area contributed by atoms with Crippen molar-refractivity contribution in [3.8, 4) is 5.75 Å². The van der Waals surface area contributed by atoms with Crippen LogP contribution in [0.2, 0.25) is 5.02 Å². The Bertz CT molecular complexity index is 924. The molecule has 1 N–H and O–H groups in total. The smallest absolute Gasteiger partial charge is 0.271 e. The van der Waals surface area contributed by atoms with E-state index in [9.17, 15) is 4.79 Å². The molecule has 0 aliphatic heterocycles. The molecule has 0 radical (unpaired) electrons. The molecule has 0 saturated heterocycles. The molecular weight excluding hydrogens is 362 g/mol. The Morgan fingerprint density at radius 1 is 1.00 bits per heavy atom. The molecule has 0 aliphatic rings. The van der Waals surface area contributed by atoms with Gasteiger partial charge in [-0.25, -0.2) is 5.43 Å². The normalized spacial score (nSPS) is 11.1. The number of rotatable bonds is 6. The Morgan fingerprint density at radius 2 is 1.67 bits per heavy atom. The molecule has 6 heteroatoms. The molecule has 0 aliphatic carbocycles. The first-order valence-electron chi connectivity index (χ1n) is 8.34. The van der Waals surface area contributed by atoms with Gasteiger partial charge in [0.05, 0.1) is 5.71 Å². The number of aromatic nitrogens is 1. The molecule has 5 nitrogen and oxygen atoms in total. The summed E-state index contributed by atoms with van der Waals surface area (Å²) in [5.41, 5.74) is 5.66. The predicted molar refractivity (Wildman–Crippen MR) is 106 cm³/mol. The molecule has 3 rings (SSSR count). The van der Waals surface area contributed by atoms with Crippen molar-refractivity contribution in [1.29, 1.82) is 0 Å². The Kier molecular flexibility index (Phi) is 6.18. The summed E-state index contributed by atoms with van der Waals surface area (Å²) < 4.78 is 5.69. The zero-order chi connectivity index (χ0) is 19.1. The Hall–Kier alpha value is -3.18. The van der Waals surface area contributed by atoms with Gasteiger partial charge in [-0.15, -0.1) is 0 Å². The van der Waals surface area contributed by atoms with Gasteiger partial charge in [0.2, 0.25) is 0 Å². The van der Waals surface area contributed by atoms with E-state index in [1.807, 2.05) is 43.3 Å². The average Bonchev–Trinajstić information content (AvgIpc) is 2.72. The number of ether oxygens (including phenoxy) is 1. The highest BCUT2D eigenvalue weighted by Gasteiger charge is 2.05. The molecule has 0 saturated carbocycles. The highest BCUT2D eigenvalue weighted by atomic mass is 35.5. The molecular formula is C21H18ClN3O2. The van der Waals surface area contributed by atoms with Gasteiger partial charge in [0.25, 0.3) is 5.91 Å². The highest BCUT2D eigenvalue weighted by Crippen LogP contribution is 2.17. The van der Waals surface area contributed by atoms with Crippen molar-refractivity contribution in [2.75, 3.05) is 0 Å². The number of nitrogens with one attached hydrogen (secondary N) is 1. The van der Waals surface area contributed by atoms with Crippen molar-refractivity contribution in [1.82, 2.24) is 10.4 Å². The maximum atomic E-state index is 12.2. The largest absolute Gasteiger partial charge is 0.489 e. The van der Waals surface area contributed by atoms with E-state index in [0.29, 0.717) is 22.9 Å². The molecule has 0 atom stereocenters. The third kappa shape index (κ3) is 5.39. The zero-order valence-electron chi connectivity index (χ0n) is 14.7. The lowest BCUT2D eigenvalue weighted by atomic mass is 10.1. The van der Waals surface area contributed by atoms with Crippen LogP contribution in [-0.4, -0.2) is 16.6 Å². The Labute approximate surface area is 162 Å². The van der Waals surface area contributed by atoms with Crippen LogP contribution < -0.4 is 10.2 Å². The van der Waals surface area contributed by atoms with Crippen LogP contribution in [0.15, 0.2) is 78.2 Å². The van der Waals surface area contributed by atoms with E-state index in [2.05, 4.69) is 15.5 Å². The number of amides is 1. The average molecular weight is 380 g/mol. The number of hydrogen-bond donors (Lipinski definition) is 1. The van der Waals surface area contributed by atoms with Crippen LogP contribution in [0.5, 0.6) is 5.75 Å². The second-order valence-corrected chi connectivity index (χ2v) is 6.25. The van der Waals surface area contributed by atoms with Crippen LogP contribution in [0, 0.1) is 0 Å². The van der Waals surface area contributed by atoms with E-state index in [1.54, 1.807) is 36.7 Å². The second kappa shape index (κ2) is 8.96. The molecule has 0 bridgehead atoms. The summed E-state index contributed by atoms with van der Waals surface area (Å²) in [5.74, 6) is 0.468. The topological polar surface area (TPSA) is 63.6 Å². The van der Waals surface area contributed by atoms with Crippen LogP contribution in [0.3, 0.4) is 0 Å². The molecule has 1 heterocycles. The lowest BCUT2D eigenvalue weighted by Gasteiger charge is -2.07. The molecule has 2 aromatic carbocycles. The molecule has 3 aromatic rings. The summed E-state index contributed by atoms with van der Waals surface area (Å²) in [6, 6.07) is 18.0. The van der Waals surface area contributed by atoms with Gasteiger partial charge in [0.1, 0.15) is 12.4 Å². The van der Waals surface area contributed by atoms with Crippen LogP contribution in [0.4, 0.5) is 0 Å². The molecule has 0 unspecified atom stereocenters. The first-order valence-corrected chi connectivity index (χ1v) is 8.72. The molecule has 27 heavy (non-hydrogen) atoms. The van der Waals surface area contributed by atoms with E-state index in [-0.39, 0.29) is 5.91 Å². The van der Waals surface area contributed by atoms with Crippen LogP contribution in [-0.2, 0) is 6.61 Å². The number of carbonyl (C=O) groups is 1. The van der Waals surface area contributed by atoms with Gasteiger partial charge in [0.15, 0.2) is 0 Å². The van der Waals surface area contributed by atoms with Gasteiger partial charge in [0, 0.05) is 28.5 Å². The summed E-state index contributed by atoms with van der Waals surface area (Å²) in [6.07, 6.45) is 3.36. The molecule has 0 spiro atoms. The quantitative estimate of drug-likeness (QED) is 0.507. The summed E-state index contributed by atoms with van der Waals surface area (Å²) in [6.45, 7) is 2.23. The number of pyridine rings is 1. The minimum absolute atomic E-state index is 0.270. The van der Waals surface area contributed by atoms with Crippen LogP contribution in [0.25, 0.3) is 0 Å². The first-order chi connectivity index (χ1) is 13.1. The summed E-state index contributed by atoms with van der Waals surface area (Å²) in [7, 11) is 0. The van der Waals surface area contributed by atoms with Gasteiger partial charge >= 0.3 is 0 Å². The van der Waals surface area contributed by atoms with E-state index in [0.717, 1.165) is 16.9 Å². The van der Waals surface area contributed by atoms with E-state index < -0.39 is 0 Å². The van der Waals surface area contributed by atoms with Crippen molar-refractivity contribution in [3.63, 3.8) is 0 Å².